The number of hydrogen-bond acceptors (Lipinski definition) is 3. The first-order valence-electron chi connectivity index (χ1n) is 5.44. The summed E-state index contributed by atoms with van der Waals surface area (Å²) in [5.41, 5.74) is 1.17. The monoisotopic (exact) mass is 227 g/mol. The lowest BCUT2D eigenvalue weighted by Gasteiger charge is -2.04. The van der Waals surface area contributed by atoms with Crippen LogP contribution in [0.3, 0.4) is 0 Å². The van der Waals surface area contributed by atoms with E-state index in [-0.39, 0.29) is 0 Å². The van der Waals surface area contributed by atoms with E-state index in [4.69, 9.17) is 4.74 Å². The molecule has 2 rings (SSSR count). The average molecular weight is 227 g/mol. The van der Waals surface area contributed by atoms with Gasteiger partial charge < -0.3 is 4.74 Å². The van der Waals surface area contributed by atoms with Crippen LogP contribution in [0.4, 0.5) is 0 Å². The lowest BCUT2D eigenvalue weighted by molar-refractivity contribution is 0.415. The predicted octanol–water partition coefficient (Wildman–Crippen LogP) is 2.73. The van der Waals surface area contributed by atoms with Crippen molar-refractivity contribution in [2.75, 3.05) is 13.7 Å². The number of ether oxygens (including phenoxy) is 1. The van der Waals surface area contributed by atoms with Crippen LogP contribution in [0.25, 0.3) is 10.8 Å². The van der Waals surface area contributed by atoms with E-state index in [0.717, 1.165) is 17.6 Å². The fraction of sp³-hybridized carbons (Fsp3) is 0.214. The van der Waals surface area contributed by atoms with Gasteiger partial charge in [0, 0.05) is 0 Å². The molecule has 3 nitrogen and oxygen atoms in total. The number of carbonyl (C=O) groups excluding carboxylic acids is 1. The van der Waals surface area contributed by atoms with Crippen molar-refractivity contribution in [1.82, 2.24) is 0 Å². The molecule has 0 amide bonds. The second kappa shape index (κ2) is 5.28. The van der Waals surface area contributed by atoms with Crippen molar-refractivity contribution in [3.63, 3.8) is 0 Å². The van der Waals surface area contributed by atoms with Gasteiger partial charge >= 0.3 is 0 Å². The molecule has 86 valence electrons. The molecule has 0 saturated heterocycles. The van der Waals surface area contributed by atoms with E-state index < -0.39 is 0 Å². The van der Waals surface area contributed by atoms with E-state index >= 15 is 0 Å². The minimum atomic E-state index is 0.491. The van der Waals surface area contributed by atoms with Crippen LogP contribution < -0.4 is 4.74 Å². The van der Waals surface area contributed by atoms with Crippen molar-refractivity contribution in [2.45, 2.75) is 6.42 Å². The van der Waals surface area contributed by atoms with Crippen molar-refractivity contribution >= 4 is 16.9 Å². The number of hydrogen-bond donors (Lipinski definition) is 0. The van der Waals surface area contributed by atoms with Gasteiger partial charge in [-0.25, -0.2) is 9.79 Å². The molecule has 0 aliphatic carbocycles. The van der Waals surface area contributed by atoms with E-state index in [0.29, 0.717) is 6.54 Å². The summed E-state index contributed by atoms with van der Waals surface area (Å²) in [5, 5.41) is 2.31. The van der Waals surface area contributed by atoms with Crippen LogP contribution in [0.1, 0.15) is 5.56 Å². The zero-order valence-electron chi connectivity index (χ0n) is 9.64. The molecule has 0 fully saturated rings. The molecule has 0 unspecified atom stereocenters. The third-order valence-corrected chi connectivity index (χ3v) is 2.69. The molecule has 17 heavy (non-hydrogen) atoms. The average Bonchev–Trinajstić information content (AvgIpc) is 2.38. The molecule has 0 aliphatic heterocycles. The molecule has 2 aromatic rings. The molecule has 0 aliphatic rings. The van der Waals surface area contributed by atoms with Gasteiger partial charge in [0.05, 0.1) is 13.7 Å². The smallest absolute Gasteiger partial charge is 0.234 e. The Hall–Kier alpha value is -2.12. The molecule has 0 atom stereocenters. The van der Waals surface area contributed by atoms with Gasteiger partial charge in [0.1, 0.15) is 5.75 Å². The third kappa shape index (κ3) is 2.71. The quantitative estimate of drug-likeness (QED) is 0.595. The van der Waals surface area contributed by atoms with Gasteiger partial charge in [-0.1, -0.05) is 24.3 Å². The summed E-state index contributed by atoms with van der Waals surface area (Å²) in [6.07, 6.45) is 2.31. The van der Waals surface area contributed by atoms with E-state index in [2.05, 4.69) is 17.1 Å². The van der Waals surface area contributed by atoms with E-state index in [9.17, 15) is 4.79 Å². The van der Waals surface area contributed by atoms with Gasteiger partial charge in [-0.05, 0) is 34.9 Å². The predicted molar refractivity (Wildman–Crippen MR) is 67.2 cm³/mol. The maximum atomic E-state index is 9.97. The lowest BCUT2D eigenvalue weighted by atomic mass is 10.0. The second-order valence-electron chi connectivity index (χ2n) is 3.77. The van der Waals surface area contributed by atoms with E-state index in [1.54, 1.807) is 13.2 Å². The lowest BCUT2D eigenvalue weighted by Crippen LogP contribution is -1.89. The molecule has 0 bridgehead atoms. The van der Waals surface area contributed by atoms with Gasteiger partial charge in [-0.3, -0.25) is 0 Å². The fourth-order valence-corrected chi connectivity index (χ4v) is 1.79. The van der Waals surface area contributed by atoms with Gasteiger partial charge in [-0.15, -0.1) is 0 Å². The van der Waals surface area contributed by atoms with Crippen LogP contribution in [0.5, 0.6) is 5.75 Å². The molecule has 0 radical (unpaired) electrons. The molecular weight excluding hydrogens is 214 g/mol. The molecule has 3 heteroatoms. The maximum Gasteiger partial charge on any atom is 0.234 e. The van der Waals surface area contributed by atoms with Gasteiger partial charge in [0.15, 0.2) is 0 Å². The Morgan fingerprint density at radius 3 is 2.71 bits per heavy atom. The molecule has 0 spiro atoms. The van der Waals surface area contributed by atoms with Crippen LogP contribution in [0.2, 0.25) is 0 Å². The molecule has 0 N–H and O–H groups in total. The summed E-state index contributed by atoms with van der Waals surface area (Å²) in [4.78, 5) is 13.5. The Balaban J connectivity index is 2.28. The second-order valence-corrected chi connectivity index (χ2v) is 3.77. The number of isocyanates is 1. The SMILES string of the molecule is COc1ccc2cc(CCN=C=O)ccc2c1. The van der Waals surface area contributed by atoms with Crippen molar-refractivity contribution < 1.29 is 9.53 Å². The standard InChI is InChI=1S/C14H13NO2/c1-17-14-5-4-12-8-11(6-7-15-10-16)2-3-13(12)9-14/h2-5,8-9H,6-7H2,1H3. The largest absolute Gasteiger partial charge is 0.497 e. The van der Waals surface area contributed by atoms with Gasteiger partial charge in [-0.2, -0.15) is 0 Å². The highest BCUT2D eigenvalue weighted by molar-refractivity contribution is 5.84. The van der Waals surface area contributed by atoms with Crippen LogP contribution >= 0.6 is 0 Å². The van der Waals surface area contributed by atoms with Crippen LogP contribution in [-0.4, -0.2) is 19.7 Å². The maximum absolute atomic E-state index is 9.97. The Kier molecular flexibility index (Phi) is 3.53. The molecular formula is C14H13NO2. The van der Waals surface area contributed by atoms with Crippen molar-refractivity contribution in [2.24, 2.45) is 4.99 Å². The summed E-state index contributed by atoms with van der Waals surface area (Å²) in [6, 6.07) is 12.2. The minimum absolute atomic E-state index is 0.491. The molecule has 0 heterocycles. The Labute approximate surface area is 99.7 Å². The first-order valence-corrected chi connectivity index (χ1v) is 5.44. The van der Waals surface area contributed by atoms with Crippen molar-refractivity contribution in [3.05, 3.63) is 42.0 Å². The summed E-state index contributed by atoms with van der Waals surface area (Å²) < 4.78 is 5.17. The summed E-state index contributed by atoms with van der Waals surface area (Å²) in [5.74, 6) is 0.857. The van der Waals surface area contributed by atoms with E-state index in [1.807, 2.05) is 24.3 Å². The Morgan fingerprint density at radius 2 is 1.94 bits per heavy atom. The molecule has 0 aromatic heterocycles. The zero-order valence-corrected chi connectivity index (χ0v) is 9.64. The van der Waals surface area contributed by atoms with Crippen LogP contribution in [0, 0.1) is 0 Å². The topological polar surface area (TPSA) is 38.7 Å². The van der Waals surface area contributed by atoms with E-state index in [1.165, 1.54) is 10.9 Å². The Morgan fingerprint density at radius 1 is 1.18 bits per heavy atom. The van der Waals surface area contributed by atoms with Crippen LogP contribution in [-0.2, 0) is 11.2 Å². The number of methoxy groups -OCH3 is 1. The number of rotatable bonds is 4. The third-order valence-electron chi connectivity index (χ3n) is 2.69. The number of fused-ring (bicyclic) bond motifs is 1. The highest BCUT2D eigenvalue weighted by Crippen LogP contribution is 2.21. The first-order chi connectivity index (χ1) is 8.33. The van der Waals surface area contributed by atoms with Crippen LogP contribution in [0.15, 0.2) is 41.4 Å². The number of benzene rings is 2. The number of nitrogens with zero attached hydrogens (tertiary/aromatic N) is 1. The summed E-state index contributed by atoms with van der Waals surface area (Å²) >= 11 is 0. The number of aliphatic imine (C=N–C) groups is 1. The van der Waals surface area contributed by atoms with Gasteiger partial charge in [0.2, 0.25) is 6.08 Å². The normalized spacial score (nSPS) is 9.94. The molecule has 0 saturated carbocycles. The highest BCUT2D eigenvalue weighted by Gasteiger charge is 1.98. The zero-order chi connectivity index (χ0) is 12.1. The first kappa shape index (κ1) is 11.4. The van der Waals surface area contributed by atoms with Crippen molar-refractivity contribution in [3.8, 4) is 5.75 Å². The Bertz CT molecular complexity index is 571. The molecule has 2 aromatic carbocycles. The highest BCUT2D eigenvalue weighted by atomic mass is 16.5. The summed E-state index contributed by atoms with van der Waals surface area (Å²) in [6.45, 7) is 0.491. The minimum Gasteiger partial charge on any atom is -0.497 e. The summed E-state index contributed by atoms with van der Waals surface area (Å²) in [7, 11) is 1.66. The fourth-order valence-electron chi connectivity index (χ4n) is 1.79. The van der Waals surface area contributed by atoms with Gasteiger partial charge in [0.25, 0.3) is 0 Å². The van der Waals surface area contributed by atoms with Crippen molar-refractivity contribution in [1.29, 1.82) is 0 Å².